The number of amides is 1. The van der Waals surface area contributed by atoms with Crippen molar-refractivity contribution >= 4 is 15.9 Å². The minimum absolute atomic E-state index is 0.00258. The van der Waals surface area contributed by atoms with Crippen molar-refractivity contribution in [2.45, 2.75) is 63.2 Å². The molecule has 0 aromatic heterocycles. The lowest BCUT2D eigenvalue weighted by molar-refractivity contribution is 0.0520. The molecule has 1 aromatic carbocycles. The quantitative estimate of drug-likeness (QED) is 0.769. The number of hydrogen-bond donors (Lipinski definition) is 0. The van der Waals surface area contributed by atoms with Crippen LogP contribution in [-0.2, 0) is 10.0 Å². The number of piperidine rings is 2. The van der Waals surface area contributed by atoms with Gasteiger partial charge >= 0.3 is 0 Å². The summed E-state index contributed by atoms with van der Waals surface area (Å²) in [6.45, 7) is 4.68. The Bertz CT molecular complexity index is 830. The van der Waals surface area contributed by atoms with E-state index in [4.69, 9.17) is 0 Å². The second-order valence-corrected chi connectivity index (χ2v) is 10.7. The molecule has 0 unspecified atom stereocenters. The molecule has 0 N–H and O–H groups in total. The molecule has 2 saturated heterocycles. The number of fused-ring (bicyclic) bond motifs is 1. The smallest absolute Gasteiger partial charge is 0.254 e. The summed E-state index contributed by atoms with van der Waals surface area (Å²) >= 11 is 0. The van der Waals surface area contributed by atoms with Crippen LogP contribution in [0, 0.1) is 18.8 Å². The van der Waals surface area contributed by atoms with E-state index in [1.165, 1.54) is 25.7 Å². The maximum atomic E-state index is 13.3. The molecule has 2 atom stereocenters. The van der Waals surface area contributed by atoms with Gasteiger partial charge in [-0.3, -0.25) is 4.79 Å². The maximum absolute atomic E-state index is 13.3. The van der Waals surface area contributed by atoms with Crippen molar-refractivity contribution in [3.63, 3.8) is 0 Å². The van der Waals surface area contributed by atoms with Gasteiger partial charge in [-0.05, 0) is 62.1 Å². The summed E-state index contributed by atoms with van der Waals surface area (Å²) in [5.74, 6) is 1.38. The Kier molecular flexibility index (Phi) is 5.79. The van der Waals surface area contributed by atoms with E-state index in [2.05, 4.69) is 0 Å². The number of likely N-dealkylation sites (tertiary alicyclic amines) is 1. The van der Waals surface area contributed by atoms with Crippen molar-refractivity contribution in [3.8, 4) is 0 Å². The molecule has 1 saturated carbocycles. The monoisotopic (exact) mass is 404 g/mol. The van der Waals surface area contributed by atoms with Gasteiger partial charge in [-0.1, -0.05) is 31.7 Å². The second kappa shape index (κ2) is 8.15. The third-order valence-corrected chi connectivity index (χ3v) is 8.87. The molecule has 1 aliphatic carbocycles. The molecule has 2 aliphatic heterocycles. The van der Waals surface area contributed by atoms with Crippen molar-refractivity contribution in [2.24, 2.45) is 11.8 Å². The molecular weight excluding hydrogens is 372 g/mol. The van der Waals surface area contributed by atoms with E-state index >= 15 is 0 Å². The van der Waals surface area contributed by atoms with Crippen molar-refractivity contribution in [1.82, 2.24) is 9.21 Å². The molecule has 0 bridgehead atoms. The molecule has 5 nitrogen and oxygen atoms in total. The standard InChI is InChI=1S/C22H32N2O3S/c1-17-9-10-20(28(26,27)24-12-5-2-6-13-24)15-21(17)22(25)23-14-11-18-7-3-4-8-19(18)16-23/h9-10,15,18-19H,2-8,11-14,16H2,1H3/t18-,19-/m0/s1. The number of carbonyl (C=O) groups excluding carboxylic acids is 1. The Balaban J connectivity index is 1.56. The fourth-order valence-electron chi connectivity index (χ4n) is 5.20. The van der Waals surface area contributed by atoms with Crippen LogP contribution in [0.5, 0.6) is 0 Å². The van der Waals surface area contributed by atoms with Gasteiger partial charge in [-0.25, -0.2) is 8.42 Å². The third kappa shape index (κ3) is 3.86. The van der Waals surface area contributed by atoms with Crippen LogP contribution in [-0.4, -0.2) is 49.7 Å². The molecule has 1 amide bonds. The molecule has 4 rings (SSSR count). The maximum Gasteiger partial charge on any atom is 0.254 e. The summed E-state index contributed by atoms with van der Waals surface area (Å²) in [5.41, 5.74) is 1.40. The van der Waals surface area contributed by atoms with Crippen molar-refractivity contribution in [3.05, 3.63) is 29.3 Å². The number of hydrogen-bond acceptors (Lipinski definition) is 3. The van der Waals surface area contributed by atoms with Crippen molar-refractivity contribution < 1.29 is 13.2 Å². The van der Waals surface area contributed by atoms with Crippen LogP contribution in [0.2, 0.25) is 0 Å². The molecular formula is C22H32N2O3S. The summed E-state index contributed by atoms with van der Waals surface area (Å²) in [7, 11) is -3.52. The fourth-order valence-corrected chi connectivity index (χ4v) is 6.75. The average molecular weight is 405 g/mol. The van der Waals surface area contributed by atoms with Gasteiger partial charge in [0, 0.05) is 31.7 Å². The Labute approximate surface area is 169 Å². The van der Waals surface area contributed by atoms with E-state index in [1.807, 2.05) is 11.8 Å². The lowest BCUT2D eigenvalue weighted by Gasteiger charge is -2.41. The average Bonchev–Trinajstić information content (AvgIpc) is 2.73. The fraction of sp³-hybridized carbons (Fsp3) is 0.682. The molecule has 1 aromatic rings. The van der Waals surface area contributed by atoms with Gasteiger partial charge in [0.2, 0.25) is 10.0 Å². The Morgan fingerprint density at radius 2 is 1.64 bits per heavy atom. The molecule has 3 aliphatic rings. The summed E-state index contributed by atoms with van der Waals surface area (Å²) in [6, 6.07) is 5.06. The Morgan fingerprint density at radius 3 is 2.39 bits per heavy atom. The van der Waals surface area contributed by atoms with E-state index in [0.29, 0.717) is 24.6 Å². The largest absolute Gasteiger partial charge is 0.338 e. The van der Waals surface area contributed by atoms with Gasteiger partial charge in [0.15, 0.2) is 0 Å². The molecule has 0 radical (unpaired) electrons. The van der Waals surface area contributed by atoms with E-state index in [1.54, 1.807) is 22.5 Å². The minimum atomic E-state index is -3.52. The van der Waals surface area contributed by atoms with E-state index in [0.717, 1.165) is 50.3 Å². The number of sulfonamides is 1. The Hall–Kier alpha value is -1.40. The number of aryl methyl sites for hydroxylation is 1. The highest BCUT2D eigenvalue weighted by molar-refractivity contribution is 7.89. The van der Waals surface area contributed by atoms with Crippen molar-refractivity contribution in [2.75, 3.05) is 26.2 Å². The summed E-state index contributed by atoms with van der Waals surface area (Å²) in [5, 5.41) is 0. The highest BCUT2D eigenvalue weighted by atomic mass is 32.2. The van der Waals surface area contributed by atoms with E-state index in [-0.39, 0.29) is 10.8 Å². The number of benzene rings is 1. The second-order valence-electron chi connectivity index (χ2n) is 8.79. The van der Waals surface area contributed by atoms with Crippen molar-refractivity contribution in [1.29, 1.82) is 0 Å². The van der Waals surface area contributed by atoms with Gasteiger partial charge in [-0.2, -0.15) is 4.31 Å². The summed E-state index contributed by atoms with van der Waals surface area (Å²) in [4.78, 5) is 15.5. The van der Waals surface area contributed by atoms with Crippen LogP contribution in [0.25, 0.3) is 0 Å². The normalized spacial score (nSPS) is 26.7. The number of rotatable bonds is 3. The lowest BCUT2D eigenvalue weighted by Crippen LogP contribution is -2.45. The molecule has 3 fully saturated rings. The third-order valence-electron chi connectivity index (χ3n) is 6.97. The highest BCUT2D eigenvalue weighted by Crippen LogP contribution is 2.36. The first kappa shape index (κ1) is 19.9. The first-order valence-corrected chi connectivity index (χ1v) is 12.3. The zero-order valence-corrected chi connectivity index (χ0v) is 17.7. The molecule has 2 heterocycles. The lowest BCUT2D eigenvalue weighted by atomic mass is 9.75. The van der Waals surface area contributed by atoms with Crippen LogP contribution in [0.15, 0.2) is 23.1 Å². The molecule has 28 heavy (non-hydrogen) atoms. The zero-order chi connectivity index (χ0) is 19.7. The Morgan fingerprint density at radius 1 is 0.929 bits per heavy atom. The number of nitrogens with zero attached hydrogens (tertiary/aromatic N) is 2. The van der Waals surface area contributed by atoms with E-state index < -0.39 is 10.0 Å². The topological polar surface area (TPSA) is 57.7 Å². The summed E-state index contributed by atoms with van der Waals surface area (Å²) < 4.78 is 27.6. The van der Waals surface area contributed by atoms with Gasteiger partial charge in [0.25, 0.3) is 5.91 Å². The van der Waals surface area contributed by atoms with Crippen LogP contribution >= 0.6 is 0 Å². The summed E-state index contributed by atoms with van der Waals surface area (Å²) in [6.07, 6.45) is 9.10. The van der Waals surface area contributed by atoms with Crippen LogP contribution in [0.3, 0.4) is 0 Å². The molecule has 0 spiro atoms. The van der Waals surface area contributed by atoms with Gasteiger partial charge in [0.05, 0.1) is 4.90 Å². The van der Waals surface area contributed by atoms with E-state index in [9.17, 15) is 13.2 Å². The van der Waals surface area contributed by atoms with Gasteiger partial charge < -0.3 is 4.90 Å². The van der Waals surface area contributed by atoms with Crippen LogP contribution in [0.4, 0.5) is 0 Å². The van der Waals surface area contributed by atoms with Gasteiger partial charge in [0.1, 0.15) is 0 Å². The first-order valence-electron chi connectivity index (χ1n) is 10.9. The van der Waals surface area contributed by atoms with Crippen LogP contribution < -0.4 is 0 Å². The molecule has 6 heteroatoms. The highest BCUT2D eigenvalue weighted by Gasteiger charge is 2.34. The first-order chi connectivity index (χ1) is 13.5. The zero-order valence-electron chi connectivity index (χ0n) is 16.9. The minimum Gasteiger partial charge on any atom is -0.338 e. The van der Waals surface area contributed by atoms with Crippen LogP contribution in [0.1, 0.15) is 67.3 Å². The SMILES string of the molecule is Cc1ccc(S(=O)(=O)N2CCCCC2)cc1C(=O)N1CC[C@@H]2CCCC[C@H]2C1. The molecule has 154 valence electrons. The predicted octanol–water partition coefficient (Wildman–Crippen LogP) is 3.82. The number of carbonyl (C=O) groups is 1. The van der Waals surface area contributed by atoms with Gasteiger partial charge in [-0.15, -0.1) is 0 Å². The predicted molar refractivity (Wildman–Crippen MR) is 110 cm³/mol.